The van der Waals surface area contributed by atoms with Crippen LogP contribution in [0.2, 0.25) is 0 Å². The summed E-state index contributed by atoms with van der Waals surface area (Å²) in [6.07, 6.45) is 1.68. The molecule has 4 nitrogen and oxygen atoms in total. The highest BCUT2D eigenvalue weighted by molar-refractivity contribution is 6.26. The van der Waals surface area contributed by atoms with Gasteiger partial charge in [0.25, 0.3) is 0 Å². The minimum Gasteiger partial charge on any atom is -0.307 e. The van der Waals surface area contributed by atoms with Crippen molar-refractivity contribution in [1.82, 2.24) is 19.1 Å². The van der Waals surface area contributed by atoms with Crippen LogP contribution in [0.1, 0.15) is 22.3 Å². The van der Waals surface area contributed by atoms with Crippen LogP contribution in [0.5, 0.6) is 0 Å². The number of hydrogen-bond acceptors (Lipinski definition) is 2. The van der Waals surface area contributed by atoms with Gasteiger partial charge in [0.05, 0.1) is 33.3 Å². The summed E-state index contributed by atoms with van der Waals surface area (Å²) in [5.41, 5.74) is 18.9. The second-order valence-electron chi connectivity index (χ2n) is 17.7. The molecule has 3 aromatic heterocycles. The molecular formula is C62H40N4. The molecule has 4 heteroatoms. The van der Waals surface area contributed by atoms with E-state index in [0.717, 1.165) is 51.7 Å². The highest BCUT2D eigenvalue weighted by atomic mass is 15.2. The Morgan fingerprint density at radius 1 is 0.348 bits per heavy atom. The normalized spacial score (nSPS) is 12.4. The lowest BCUT2D eigenvalue weighted by Crippen LogP contribution is -2.10. The van der Waals surface area contributed by atoms with Crippen molar-refractivity contribution in [2.75, 3.05) is 0 Å². The lowest BCUT2D eigenvalue weighted by Gasteiger charge is -2.24. The maximum atomic E-state index is 5.65. The van der Waals surface area contributed by atoms with Crippen molar-refractivity contribution >= 4 is 65.3 Å². The van der Waals surface area contributed by atoms with Gasteiger partial charge in [-0.15, -0.1) is 0 Å². The molecule has 0 N–H and O–H groups in total. The average molecular weight is 841 g/mol. The van der Waals surface area contributed by atoms with E-state index in [1.165, 1.54) is 87.9 Å². The van der Waals surface area contributed by atoms with E-state index in [1.807, 2.05) is 0 Å². The standard InChI is InChI=1S/C62H40N4/c1-3-15-39(16-4-1)41-27-29-43(30-28-41)59-49-21-9-12-24-54(49)63-62(64-59)66-56-26-14-11-23-51(56)58-53-38-47-36-45-20-8-7-19-44(45)35-46(47)37-52(53)57-50-22-10-13-25-55(50)65(60(57)61(58)66)48-33-31-42(32-34-48)40-17-5-2-6-18-40/h1-36H,37-38H2. The fourth-order valence-electron chi connectivity index (χ4n) is 11.0. The molecule has 13 aromatic rings. The van der Waals surface area contributed by atoms with E-state index in [0.29, 0.717) is 5.95 Å². The Morgan fingerprint density at radius 3 is 1.38 bits per heavy atom. The topological polar surface area (TPSA) is 35.6 Å². The molecule has 3 heterocycles. The van der Waals surface area contributed by atoms with E-state index in [1.54, 1.807) is 0 Å². The maximum Gasteiger partial charge on any atom is 0.235 e. The van der Waals surface area contributed by atoms with E-state index >= 15 is 0 Å². The Bertz CT molecular complexity index is 4070. The largest absolute Gasteiger partial charge is 0.307 e. The quantitative estimate of drug-likeness (QED) is 0.173. The number of para-hydroxylation sites is 3. The predicted molar refractivity (Wildman–Crippen MR) is 274 cm³/mol. The zero-order valence-electron chi connectivity index (χ0n) is 36.0. The predicted octanol–water partition coefficient (Wildman–Crippen LogP) is 15.5. The summed E-state index contributed by atoms with van der Waals surface area (Å²) >= 11 is 0. The van der Waals surface area contributed by atoms with Gasteiger partial charge in [-0.2, -0.15) is 0 Å². The summed E-state index contributed by atoms with van der Waals surface area (Å²) in [6.45, 7) is 0. The monoisotopic (exact) mass is 840 g/mol. The lowest BCUT2D eigenvalue weighted by molar-refractivity contribution is 1.01. The van der Waals surface area contributed by atoms with Gasteiger partial charge < -0.3 is 4.57 Å². The molecule has 1 aliphatic rings. The maximum absolute atomic E-state index is 5.65. The first-order chi connectivity index (χ1) is 32.7. The van der Waals surface area contributed by atoms with Crippen LogP contribution in [-0.2, 0) is 12.8 Å². The third-order valence-electron chi connectivity index (χ3n) is 14.0. The smallest absolute Gasteiger partial charge is 0.235 e. The zero-order chi connectivity index (χ0) is 43.3. The SMILES string of the molecule is c1ccc(-c2ccc(-c3nc(-n4c5ccccc5c5c6c(c7c8ccccc8n(-c8ccc(-c9ccccc9)cc8)c7c54)Cc4cc5ccccc5cc4C6)nc4ccccc34)cc2)cc1. The van der Waals surface area contributed by atoms with E-state index < -0.39 is 0 Å². The van der Waals surface area contributed by atoms with E-state index in [-0.39, 0.29) is 0 Å². The van der Waals surface area contributed by atoms with Crippen LogP contribution in [0, 0.1) is 0 Å². The molecule has 0 spiro atoms. The van der Waals surface area contributed by atoms with Gasteiger partial charge in [0.15, 0.2) is 0 Å². The first-order valence-corrected chi connectivity index (χ1v) is 22.8. The van der Waals surface area contributed by atoms with E-state index in [2.05, 4.69) is 228 Å². The first-order valence-electron chi connectivity index (χ1n) is 22.8. The van der Waals surface area contributed by atoms with Gasteiger partial charge in [-0.25, -0.2) is 9.97 Å². The van der Waals surface area contributed by atoms with Crippen LogP contribution in [0.15, 0.2) is 218 Å². The number of rotatable bonds is 5. The van der Waals surface area contributed by atoms with Crippen molar-refractivity contribution in [2.45, 2.75) is 12.8 Å². The van der Waals surface area contributed by atoms with Crippen molar-refractivity contribution in [2.24, 2.45) is 0 Å². The van der Waals surface area contributed by atoms with Gasteiger partial charge in [-0.3, -0.25) is 4.57 Å². The number of aromatic nitrogens is 4. The number of fused-ring (bicyclic) bond motifs is 13. The van der Waals surface area contributed by atoms with Gasteiger partial charge in [-0.1, -0.05) is 188 Å². The zero-order valence-corrected chi connectivity index (χ0v) is 36.0. The number of nitrogens with zero attached hydrogens (tertiary/aromatic N) is 4. The highest BCUT2D eigenvalue weighted by Gasteiger charge is 2.31. The van der Waals surface area contributed by atoms with Crippen molar-refractivity contribution < 1.29 is 0 Å². The molecule has 14 rings (SSSR count). The lowest BCUT2D eigenvalue weighted by atomic mass is 9.80. The Kier molecular flexibility index (Phi) is 8.07. The second kappa shape index (κ2) is 14.5. The second-order valence-corrected chi connectivity index (χ2v) is 17.7. The molecule has 0 saturated carbocycles. The van der Waals surface area contributed by atoms with Crippen LogP contribution in [-0.4, -0.2) is 19.1 Å². The summed E-state index contributed by atoms with van der Waals surface area (Å²) < 4.78 is 4.89. The Morgan fingerprint density at radius 2 is 0.788 bits per heavy atom. The Labute approximate surface area is 381 Å². The molecule has 0 atom stereocenters. The molecule has 0 fully saturated rings. The third kappa shape index (κ3) is 5.58. The van der Waals surface area contributed by atoms with Crippen molar-refractivity contribution in [1.29, 1.82) is 0 Å². The summed E-state index contributed by atoms with van der Waals surface area (Å²) in [6, 6.07) is 79.2. The van der Waals surface area contributed by atoms with Gasteiger partial charge >= 0.3 is 0 Å². The molecule has 0 amide bonds. The minimum absolute atomic E-state index is 0.654. The summed E-state index contributed by atoms with van der Waals surface area (Å²) in [4.78, 5) is 11.2. The Balaban J connectivity index is 1.11. The van der Waals surface area contributed by atoms with Crippen molar-refractivity contribution in [3.8, 4) is 45.1 Å². The minimum atomic E-state index is 0.654. The van der Waals surface area contributed by atoms with E-state index in [4.69, 9.17) is 9.97 Å². The van der Waals surface area contributed by atoms with Gasteiger partial charge in [0, 0.05) is 38.2 Å². The summed E-state index contributed by atoms with van der Waals surface area (Å²) in [5.74, 6) is 0.654. The molecule has 0 bridgehead atoms. The highest BCUT2D eigenvalue weighted by Crippen LogP contribution is 2.49. The van der Waals surface area contributed by atoms with Crippen LogP contribution in [0.4, 0.5) is 0 Å². The van der Waals surface area contributed by atoms with Gasteiger partial charge in [0.1, 0.15) is 0 Å². The molecule has 0 aliphatic heterocycles. The third-order valence-corrected chi connectivity index (χ3v) is 14.0. The molecule has 66 heavy (non-hydrogen) atoms. The molecule has 10 aromatic carbocycles. The van der Waals surface area contributed by atoms with Crippen molar-refractivity contribution in [3.05, 3.63) is 241 Å². The van der Waals surface area contributed by atoms with Crippen LogP contribution in [0.3, 0.4) is 0 Å². The number of hydrogen-bond donors (Lipinski definition) is 0. The average Bonchev–Trinajstić information content (AvgIpc) is 3.92. The van der Waals surface area contributed by atoms with Crippen LogP contribution >= 0.6 is 0 Å². The van der Waals surface area contributed by atoms with Crippen molar-refractivity contribution in [3.63, 3.8) is 0 Å². The fourth-order valence-corrected chi connectivity index (χ4v) is 11.0. The first kappa shape index (κ1) is 36.8. The molecule has 0 saturated heterocycles. The molecule has 0 radical (unpaired) electrons. The van der Waals surface area contributed by atoms with Gasteiger partial charge in [-0.05, 0) is 98.5 Å². The van der Waals surface area contributed by atoms with E-state index in [9.17, 15) is 0 Å². The van der Waals surface area contributed by atoms with Gasteiger partial charge in [0.2, 0.25) is 5.95 Å². The molecule has 308 valence electrons. The fraction of sp³-hybridized carbons (Fsp3) is 0.0323. The molecular weight excluding hydrogens is 801 g/mol. The van der Waals surface area contributed by atoms with Crippen LogP contribution < -0.4 is 0 Å². The summed E-state index contributed by atoms with van der Waals surface area (Å²) in [7, 11) is 0. The molecule has 1 aliphatic carbocycles. The Hall–Kier alpha value is -8.60. The summed E-state index contributed by atoms with van der Waals surface area (Å²) in [5, 5.41) is 8.60. The molecule has 0 unspecified atom stereocenters. The number of benzene rings is 10. The van der Waals surface area contributed by atoms with Crippen LogP contribution in [0.25, 0.3) is 110 Å².